The molecule has 25 heavy (non-hydrogen) atoms. The summed E-state index contributed by atoms with van der Waals surface area (Å²) < 4.78 is 27.2. The van der Waals surface area contributed by atoms with Crippen LogP contribution in [0.2, 0.25) is 0 Å². The number of H-pyrrole nitrogens is 1. The van der Waals surface area contributed by atoms with Crippen LogP contribution >= 0.6 is 0 Å². The minimum atomic E-state index is -3.92. The highest BCUT2D eigenvalue weighted by Gasteiger charge is 2.26. The van der Waals surface area contributed by atoms with E-state index >= 15 is 0 Å². The van der Waals surface area contributed by atoms with Gasteiger partial charge >= 0.3 is 5.97 Å². The number of nitrogens with one attached hydrogen (secondary N) is 2. The zero-order chi connectivity index (χ0) is 18.0. The van der Waals surface area contributed by atoms with Crippen molar-refractivity contribution in [2.45, 2.75) is 24.3 Å². The number of aryl methyl sites for hydroxylation is 1. The summed E-state index contributed by atoms with van der Waals surface area (Å²) in [6.07, 6.45) is 1.76. The van der Waals surface area contributed by atoms with Crippen molar-refractivity contribution in [2.24, 2.45) is 0 Å². The number of benzene rings is 2. The summed E-state index contributed by atoms with van der Waals surface area (Å²) in [6, 6.07) is 12.5. The van der Waals surface area contributed by atoms with Crippen LogP contribution in [0.4, 0.5) is 0 Å². The van der Waals surface area contributed by atoms with Gasteiger partial charge in [0.05, 0.1) is 4.90 Å². The third-order valence-electron chi connectivity index (χ3n) is 4.03. The zero-order valence-corrected chi connectivity index (χ0v) is 14.4. The van der Waals surface area contributed by atoms with Crippen molar-refractivity contribution >= 4 is 26.9 Å². The Bertz CT molecular complexity index is 1010. The first kappa shape index (κ1) is 17.2. The lowest BCUT2D eigenvalue weighted by Crippen LogP contribution is -2.42. The number of hydrogen-bond donors (Lipinski definition) is 3. The van der Waals surface area contributed by atoms with E-state index in [4.69, 9.17) is 0 Å². The van der Waals surface area contributed by atoms with E-state index in [-0.39, 0.29) is 11.3 Å². The van der Waals surface area contributed by atoms with E-state index < -0.39 is 22.0 Å². The third-order valence-corrected chi connectivity index (χ3v) is 5.51. The van der Waals surface area contributed by atoms with Crippen molar-refractivity contribution < 1.29 is 18.3 Å². The highest BCUT2D eigenvalue weighted by molar-refractivity contribution is 7.89. The van der Waals surface area contributed by atoms with Gasteiger partial charge in [0.15, 0.2) is 0 Å². The van der Waals surface area contributed by atoms with Gasteiger partial charge in [-0.1, -0.05) is 35.9 Å². The van der Waals surface area contributed by atoms with Crippen LogP contribution in [0.5, 0.6) is 0 Å². The van der Waals surface area contributed by atoms with E-state index in [0.29, 0.717) is 0 Å². The fourth-order valence-corrected chi connectivity index (χ4v) is 3.86. The van der Waals surface area contributed by atoms with Crippen LogP contribution in [0.1, 0.15) is 11.1 Å². The van der Waals surface area contributed by atoms with Crippen LogP contribution in [0.3, 0.4) is 0 Å². The lowest BCUT2D eigenvalue weighted by Gasteiger charge is -2.14. The average molecular weight is 358 g/mol. The monoisotopic (exact) mass is 358 g/mol. The summed E-state index contributed by atoms with van der Waals surface area (Å²) in [6.45, 7) is 1.85. The number of hydrogen-bond acceptors (Lipinski definition) is 3. The van der Waals surface area contributed by atoms with Crippen LogP contribution < -0.4 is 4.72 Å². The fraction of sp³-hybridized carbons (Fsp3) is 0.167. The molecule has 0 fully saturated rings. The third kappa shape index (κ3) is 3.72. The van der Waals surface area contributed by atoms with Gasteiger partial charge in [-0.05, 0) is 30.7 Å². The standard InChI is InChI=1S/C18H18N2O4S/c1-12-6-8-14(9-7-12)25(23,24)20-17(18(21)22)10-13-11-19-16-5-3-2-4-15(13)16/h2-9,11,17,19-20H,10H2,1H3,(H,21,22)/t17-/m1/s1. The highest BCUT2D eigenvalue weighted by atomic mass is 32.2. The van der Waals surface area contributed by atoms with Gasteiger partial charge in [0.25, 0.3) is 0 Å². The van der Waals surface area contributed by atoms with Crippen molar-refractivity contribution in [1.82, 2.24) is 9.71 Å². The maximum Gasteiger partial charge on any atom is 0.322 e. The van der Waals surface area contributed by atoms with Gasteiger partial charge < -0.3 is 10.1 Å². The molecule has 6 nitrogen and oxygen atoms in total. The van der Waals surface area contributed by atoms with Gasteiger partial charge in [-0.25, -0.2) is 8.42 Å². The fourth-order valence-electron chi connectivity index (χ4n) is 2.67. The zero-order valence-electron chi connectivity index (χ0n) is 13.6. The summed E-state index contributed by atoms with van der Waals surface area (Å²) in [7, 11) is -3.92. The first-order chi connectivity index (χ1) is 11.9. The topological polar surface area (TPSA) is 99.3 Å². The van der Waals surface area contributed by atoms with Crippen molar-refractivity contribution in [3.63, 3.8) is 0 Å². The Hall–Kier alpha value is -2.64. The first-order valence-electron chi connectivity index (χ1n) is 7.73. The maximum absolute atomic E-state index is 12.5. The van der Waals surface area contributed by atoms with Crippen LogP contribution in [0.25, 0.3) is 10.9 Å². The molecule has 0 aliphatic carbocycles. The molecule has 0 unspecified atom stereocenters. The second-order valence-electron chi connectivity index (χ2n) is 5.89. The second-order valence-corrected chi connectivity index (χ2v) is 7.60. The molecule has 0 aliphatic rings. The summed E-state index contributed by atoms with van der Waals surface area (Å²) in [5.41, 5.74) is 2.55. The van der Waals surface area contributed by atoms with Gasteiger partial charge in [0, 0.05) is 23.5 Å². The summed E-state index contributed by atoms with van der Waals surface area (Å²) in [4.78, 5) is 14.7. The molecular formula is C18H18N2O4S. The van der Waals surface area contributed by atoms with E-state index in [1.54, 1.807) is 18.3 Å². The minimum Gasteiger partial charge on any atom is -0.480 e. The Morgan fingerprint density at radius 2 is 1.84 bits per heavy atom. The Labute approximate surface area is 145 Å². The van der Waals surface area contributed by atoms with Gasteiger partial charge in [-0.2, -0.15) is 4.72 Å². The molecule has 3 N–H and O–H groups in total. The minimum absolute atomic E-state index is 0.0447. The molecule has 130 valence electrons. The number of carboxylic acids is 1. The van der Waals surface area contributed by atoms with Gasteiger partial charge in [0.1, 0.15) is 6.04 Å². The van der Waals surface area contributed by atoms with Crippen molar-refractivity contribution in [1.29, 1.82) is 0 Å². The lowest BCUT2D eigenvalue weighted by molar-refractivity contribution is -0.138. The number of carbonyl (C=O) groups is 1. The molecular weight excluding hydrogens is 340 g/mol. The predicted molar refractivity (Wildman–Crippen MR) is 94.9 cm³/mol. The molecule has 0 amide bonds. The molecule has 3 aromatic rings. The Balaban J connectivity index is 1.86. The molecule has 2 aromatic carbocycles. The van der Waals surface area contributed by atoms with Crippen molar-refractivity contribution in [2.75, 3.05) is 0 Å². The number of aliphatic carboxylic acids is 1. The number of aromatic nitrogens is 1. The maximum atomic E-state index is 12.5. The van der Waals surface area contributed by atoms with E-state index in [9.17, 15) is 18.3 Å². The lowest BCUT2D eigenvalue weighted by atomic mass is 10.1. The van der Waals surface area contributed by atoms with Crippen LogP contribution in [0, 0.1) is 6.92 Å². The number of aromatic amines is 1. The number of sulfonamides is 1. The number of para-hydroxylation sites is 1. The molecule has 1 atom stereocenters. The number of carboxylic acid groups (broad SMARTS) is 1. The Morgan fingerprint density at radius 1 is 1.16 bits per heavy atom. The largest absolute Gasteiger partial charge is 0.480 e. The van der Waals surface area contributed by atoms with Crippen LogP contribution in [-0.2, 0) is 21.2 Å². The Kier molecular flexibility index (Phi) is 4.61. The smallest absolute Gasteiger partial charge is 0.322 e. The highest BCUT2D eigenvalue weighted by Crippen LogP contribution is 2.20. The van der Waals surface area contributed by atoms with E-state index in [2.05, 4.69) is 9.71 Å². The second kappa shape index (κ2) is 6.70. The molecule has 0 radical (unpaired) electrons. The Morgan fingerprint density at radius 3 is 2.52 bits per heavy atom. The van der Waals surface area contributed by atoms with Crippen molar-refractivity contribution in [3.05, 3.63) is 65.9 Å². The number of fused-ring (bicyclic) bond motifs is 1. The van der Waals surface area contributed by atoms with Crippen LogP contribution in [-0.4, -0.2) is 30.5 Å². The van der Waals surface area contributed by atoms with Gasteiger partial charge in [-0.15, -0.1) is 0 Å². The number of rotatable bonds is 6. The SMILES string of the molecule is Cc1ccc(S(=O)(=O)N[C@H](Cc2c[nH]c3ccccc23)C(=O)O)cc1. The summed E-state index contributed by atoms with van der Waals surface area (Å²) in [5.74, 6) is -1.22. The van der Waals surface area contributed by atoms with E-state index in [0.717, 1.165) is 22.0 Å². The average Bonchev–Trinajstić information content (AvgIpc) is 2.97. The van der Waals surface area contributed by atoms with Gasteiger partial charge in [0.2, 0.25) is 10.0 Å². The summed E-state index contributed by atoms with van der Waals surface area (Å²) in [5, 5.41) is 10.3. The molecule has 1 heterocycles. The predicted octanol–water partition coefficient (Wildman–Crippen LogP) is 2.45. The quantitative estimate of drug-likeness (QED) is 0.630. The molecule has 0 saturated heterocycles. The molecule has 0 spiro atoms. The first-order valence-corrected chi connectivity index (χ1v) is 9.22. The van der Waals surface area contributed by atoms with Crippen molar-refractivity contribution in [3.8, 4) is 0 Å². The molecule has 7 heteroatoms. The van der Waals surface area contributed by atoms with Gasteiger partial charge in [-0.3, -0.25) is 4.79 Å². The molecule has 0 aliphatic heterocycles. The van der Waals surface area contributed by atoms with E-state index in [1.807, 2.05) is 31.2 Å². The molecule has 0 bridgehead atoms. The molecule has 3 rings (SSSR count). The van der Waals surface area contributed by atoms with E-state index in [1.165, 1.54) is 12.1 Å². The molecule has 0 saturated carbocycles. The molecule has 1 aromatic heterocycles. The van der Waals surface area contributed by atoms with Crippen LogP contribution in [0.15, 0.2) is 59.6 Å². The summed E-state index contributed by atoms with van der Waals surface area (Å²) >= 11 is 0. The normalized spacial score (nSPS) is 13.0.